The lowest BCUT2D eigenvalue weighted by atomic mass is 10.2. The molecule has 4 rings (SSSR count). The zero-order valence-corrected chi connectivity index (χ0v) is 13.2. The normalized spacial score (nSPS) is 14.1. The summed E-state index contributed by atoms with van der Waals surface area (Å²) < 4.78 is 16.6. The molecule has 1 fully saturated rings. The quantitative estimate of drug-likeness (QED) is 0.636. The number of para-hydroxylation sites is 1. The first-order chi connectivity index (χ1) is 11.3. The molecule has 0 unspecified atom stereocenters. The Balaban J connectivity index is 1.45. The van der Waals surface area contributed by atoms with Gasteiger partial charge in [0, 0.05) is 5.92 Å². The average Bonchev–Trinajstić information content (AvgIpc) is 3.15. The summed E-state index contributed by atoms with van der Waals surface area (Å²) in [7, 11) is 1.61. The zero-order valence-electron chi connectivity index (χ0n) is 12.4. The van der Waals surface area contributed by atoms with E-state index in [-0.39, 0.29) is 0 Å². The summed E-state index contributed by atoms with van der Waals surface area (Å²) in [6.07, 6.45) is 2.28. The van der Waals surface area contributed by atoms with Gasteiger partial charge in [-0.05, 0) is 25.0 Å². The molecule has 0 saturated heterocycles. The van der Waals surface area contributed by atoms with Crippen molar-refractivity contribution >= 4 is 11.8 Å². The molecule has 1 aliphatic carbocycles. The molecule has 0 radical (unpaired) electrons. The number of hydrogen-bond donors (Lipinski definition) is 0. The Labute approximate surface area is 136 Å². The third kappa shape index (κ3) is 3.07. The molecule has 118 valence electrons. The van der Waals surface area contributed by atoms with E-state index in [0.29, 0.717) is 34.4 Å². The van der Waals surface area contributed by atoms with Gasteiger partial charge < -0.3 is 13.6 Å². The molecule has 0 atom stereocenters. The molecule has 0 aliphatic heterocycles. The summed E-state index contributed by atoms with van der Waals surface area (Å²) in [5, 5.41) is 16.7. The van der Waals surface area contributed by atoms with Crippen molar-refractivity contribution in [3.8, 4) is 17.2 Å². The number of ether oxygens (including phenoxy) is 1. The monoisotopic (exact) mass is 330 g/mol. The van der Waals surface area contributed by atoms with Crippen molar-refractivity contribution in [2.24, 2.45) is 0 Å². The lowest BCUT2D eigenvalue weighted by Gasteiger charge is -2.03. The second kappa shape index (κ2) is 6.04. The number of hydrogen-bond acceptors (Lipinski definition) is 8. The van der Waals surface area contributed by atoms with Crippen LogP contribution in [0, 0.1) is 0 Å². The van der Waals surface area contributed by atoms with Gasteiger partial charge >= 0.3 is 0 Å². The minimum Gasteiger partial charge on any atom is -0.496 e. The molecule has 0 spiro atoms. The maximum atomic E-state index is 5.67. The molecule has 3 aromatic rings. The molecule has 1 aromatic carbocycles. The molecular formula is C15H14N4O3S. The van der Waals surface area contributed by atoms with Crippen molar-refractivity contribution in [3.63, 3.8) is 0 Å². The fraction of sp³-hybridized carbons (Fsp3) is 0.333. The van der Waals surface area contributed by atoms with Crippen LogP contribution < -0.4 is 4.74 Å². The van der Waals surface area contributed by atoms with Gasteiger partial charge in [-0.3, -0.25) is 0 Å². The highest BCUT2D eigenvalue weighted by Gasteiger charge is 2.29. The van der Waals surface area contributed by atoms with Crippen LogP contribution in [0.15, 0.2) is 38.3 Å². The van der Waals surface area contributed by atoms with E-state index in [2.05, 4.69) is 20.4 Å². The van der Waals surface area contributed by atoms with Crippen LogP contribution in [0.3, 0.4) is 0 Å². The van der Waals surface area contributed by atoms with E-state index in [0.717, 1.165) is 24.3 Å². The third-order valence-corrected chi connectivity index (χ3v) is 4.28. The van der Waals surface area contributed by atoms with E-state index in [1.54, 1.807) is 7.11 Å². The molecule has 0 N–H and O–H groups in total. The fourth-order valence-electron chi connectivity index (χ4n) is 2.14. The Hall–Kier alpha value is -2.35. The first-order valence-corrected chi connectivity index (χ1v) is 8.24. The molecule has 7 nitrogen and oxygen atoms in total. The largest absolute Gasteiger partial charge is 0.496 e. The number of aromatic nitrogens is 4. The van der Waals surface area contributed by atoms with E-state index >= 15 is 0 Å². The highest BCUT2D eigenvalue weighted by atomic mass is 32.2. The van der Waals surface area contributed by atoms with E-state index in [1.165, 1.54) is 11.8 Å². The van der Waals surface area contributed by atoms with Crippen LogP contribution in [0.25, 0.3) is 11.5 Å². The fourth-order valence-corrected chi connectivity index (χ4v) is 2.74. The summed E-state index contributed by atoms with van der Waals surface area (Å²) in [5.41, 5.74) is 0.767. The van der Waals surface area contributed by atoms with Crippen molar-refractivity contribution in [2.45, 2.75) is 29.7 Å². The predicted octanol–water partition coefficient (Wildman–Crippen LogP) is 3.30. The van der Waals surface area contributed by atoms with Crippen LogP contribution >= 0.6 is 11.8 Å². The SMILES string of the molecule is COc1ccccc1-c1nnc(SCc2nnc(C3CC3)o2)o1. The molecule has 1 saturated carbocycles. The molecular weight excluding hydrogens is 316 g/mol. The molecule has 0 bridgehead atoms. The Bertz CT molecular complexity index is 812. The van der Waals surface area contributed by atoms with Gasteiger partial charge in [-0.1, -0.05) is 23.9 Å². The van der Waals surface area contributed by atoms with Crippen LogP contribution in [-0.4, -0.2) is 27.5 Å². The van der Waals surface area contributed by atoms with Crippen molar-refractivity contribution in [1.29, 1.82) is 0 Å². The lowest BCUT2D eigenvalue weighted by molar-refractivity contribution is 0.411. The highest BCUT2D eigenvalue weighted by molar-refractivity contribution is 7.98. The van der Waals surface area contributed by atoms with Gasteiger partial charge in [0.25, 0.3) is 11.1 Å². The second-order valence-electron chi connectivity index (χ2n) is 5.17. The van der Waals surface area contributed by atoms with Gasteiger partial charge in [0.05, 0.1) is 18.4 Å². The smallest absolute Gasteiger partial charge is 0.277 e. The lowest BCUT2D eigenvalue weighted by Crippen LogP contribution is -1.87. The number of thioether (sulfide) groups is 1. The van der Waals surface area contributed by atoms with Crippen LogP contribution in [0.1, 0.15) is 30.5 Å². The van der Waals surface area contributed by atoms with Crippen LogP contribution in [0.5, 0.6) is 5.75 Å². The van der Waals surface area contributed by atoms with Crippen molar-refractivity contribution in [2.75, 3.05) is 7.11 Å². The van der Waals surface area contributed by atoms with Gasteiger partial charge in [-0.15, -0.1) is 20.4 Å². The standard InChI is InChI=1S/C15H14N4O3S/c1-20-11-5-3-2-4-10(11)14-18-19-15(22-14)23-8-12-16-17-13(21-12)9-6-7-9/h2-5,9H,6-8H2,1H3. The second-order valence-corrected chi connectivity index (χ2v) is 6.10. The molecule has 0 amide bonds. The molecule has 23 heavy (non-hydrogen) atoms. The summed E-state index contributed by atoms with van der Waals surface area (Å²) in [4.78, 5) is 0. The Kier molecular flexibility index (Phi) is 3.74. The van der Waals surface area contributed by atoms with Crippen LogP contribution in [-0.2, 0) is 5.75 Å². The third-order valence-electron chi connectivity index (χ3n) is 3.47. The van der Waals surface area contributed by atoms with Gasteiger partial charge in [0.15, 0.2) is 0 Å². The number of rotatable bonds is 6. The molecule has 8 heteroatoms. The van der Waals surface area contributed by atoms with E-state index in [1.807, 2.05) is 24.3 Å². The minimum atomic E-state index is 0.425. The van der Waals surface area contributed by atoms with E-state index < -0.39 is 0 Å². The summed E-state index contributed by atoms with van der Waals surface area (Å²) in [6, 6.07) is 7.51. The van der Waals surface area contributed by atoms with Crippen LogP contribution in [0.2, 0.25) is 0 Å². The van der Waals surface area contributed by atoms with Gasteiger partial charge in [0.2, 0.25) is 11.8 Å². The van der Waals surface area contributed by atoms with Crippen molar-refractivity contribution in [1.82, 2.24) is 20.4 Å². The first kappa shape index (κ1) is 14.3. The predicted molar refractivity (Wildman–Crippen MR) is 82.1 cm³/mol. The molecule has 1 aliphatic rings. The highest BCUT2D eigenvalue weighted by Crippen LogP contribution is 2.39. The summed E-state index contributed by atoms with van der Waals surface area (Å²) in [6.45, 7) is 0. The van der Waals surface area contributed by atoms with Gasteiger partial charge in [0.1, 0.15) is 5.75 Å². The molecule has 2 aromatic heterocycles. The van der Waals surface area contributed by atoms with Crippen molar-refractivity contribution in [3.05, 3.63) is 36.0 Å². The van der Waals surface area contributed by atoms with Crippen LogP contribution in [0.4, 0.5) is 0 Å². The van der Waals surface area contributed by atoms with E-state index in [9.17, 15) is 0 Å². The Morgan fingerprint density at radius 3 is 2.83 bits per heavy atom. The average molecular weight is 330 g/mol. The molecule has 2 heterocycles. The maximum Gasteiger partial charge on any atom is 0.277 e. The number of nitrogens with zero attached hydrogens (tertiary/aromatic N) is 4. The van der Waals surface area contributed by atoms with Gasteiger partial charge in [-0.2, -0.15) is 0 Å². The summed E-state index contributed by atoms with van der Waals surface area (Å²) >= 11 is 1.37. The van der Waals surface area contributed by atoms with Gasteiger partial charge in [-0.25, -0.2) is 0 Å². The number of benzene rings is 1. The topological polar surface area (TPSA) is 87.1 Å². The van der Waals surface area contributed by atoms with E-state index in [4.69, 9.17) is 13.6 Å². The Morgan fingerprint density at radius 2 is 2.00 bits per heavy atom. The Morgan fingerprint density at radius 1 is 1.13 bits per heavy atom. The zero-order chi connectivity index (χ0) is 15.6. The van der Waals surface area contributed by atoms with Crippen molar-refractivity contribution < 1.29 is 13.6 Å². The minimum absolute atomic E-state index is 0.425. The number of methoxy groups -OCH3 is 1. The maximum absolute atomic E-state index is 5.67. The first-order valence-electron chi connectivity index (χ1n) is 7.25. The summed E-state index contributed by atoms with van der Waals surface area (Å²) in [5.74, 6) is 3.40.